The molecule has 1 aliphatic heterocycles. The summed E-state index contributed by atoms with van der Waals surface area (Å²) in [5, 5.41) is 12.7. The van der Waals surface area contributed by atoms with E-state index in [1.807, 2.05) is 36.4 Å². The van der Waals surface area contributed by atoms with E-state index in [1.165, 1.54) is 4.90 Å². The van der Waals surface area contributed by atoms with Crippen molar-refractivity contribution in [3.05, 3.63) is 48.5 Å². The van der Waals surface area contributed by atoms with Gasteiger partial charge in [-0.05, 0) is 55.7 Å². The minimum absolute atomic E-state index is 0.0773. The number of carbonyl (C=O) groups excluding carboxylic acids is 3. The maximum atomic E-state index is 12.1. The third kappa shape index (κ3) is 5.61. The van der Waals surface area contributed by atoms with E-state index in [0.29, 0.717) is 17.4 Å². The van der Waals surface area contributed by atoms with Crippen molar-refractivity contribution in [1.29, 1.82) is 0 Å². The number of hydrogen-bond donors (Lipinski definition) is 2. The molecule has 1 heterocycles. The molecule has 2 aromatic carbocycles. The number of amides is 4. The van der Waals surface area contributed by atoms with Crippen molar-refractivity contribution < 1.29 is 29.1 Å². The standard InChI is InChI=1S/C24H29N3O6/c1-4-13-32-20-9-5-17(6-10-20)18-7-11-21(12-8-18)33-15-19(27(31)16-28)14-26-23(30)25-22(29)24(26,2)3/h5-12,16,19,31H,4,13-15H2,1-3H3,(H,25,29,30)/t19-/m1/s1. The van der Waals surface area contributed by atoms with Gasteiger partial charge in [0.1, 0.15) is 29.7 Å². The SMILES string of the molecule is CCCOc1ccc(-c2ccc(OC[C@@H](CN3C(=O)NC(=O)C3(C)C)N(O)C=O)cc2)cc1. The highest BCUT2D eigenvalue weighted by atomic mass is 16.5. The van der Waals surface area contributed by atoms with Gasteiger partial charge >= 0.3 is 6.03 Å². The zero-order chi connectivity index (χ0) is 24.0. The van der Waals surface area contributed by atoms with Crippen LogP contribution in [0.4, 0.5) is 4.79 Å². The van der Waals surface area contributed by atoms with Gasteiger partial charge in [0.05, 0.1) is 6.61 Å². The number of rotatable bonds is 11. The fourth-order valence-electron chi connectivity index (χ4n) is 3.41. The van der Waals surface area contributed by atoms with Crippen LogP contribution in [-0.2, 0) is 9.59 Å². The van der Waals surface area contributed by atoms with Crippen molar-refractivity contribution in [3.8, 4) is 22.6 Å². The van der Waals surface area contributed by atoms with Gasteiger partial charge < -0.3 is 14.4 Å². The summed E-state index contributed by atoms with van der Waals surface area (Å²) in [7, 11) is 0. The van der Waals surface area contributed by atoms with E-state index in [4.69, 9.17) is 9.47 Å². The number of nitrogens with zero attached hydrogens (tertiary/aromatic N) is 2. The van der Waals surface area contributed by atoms with Crippen molar-refractivity contribution in [3.63, 3.8) is 0 Å². The van der Waals surface area contributed by atoms with Gasteiger partial charge in [0, 0.05) is 6.54 Å². The molecule has 2 aromatic rings. The first-order chi connectivity index (χ1) is 15.8. The van der Waals surface area contributed by atoms with Crippen LogP contribution in [0.1, 0.15) is 27.2 Å². The molecule has 0 aliphatic carbocycles. The molecule has 3 rings (SSSR count). The lowest BCUT2D eigenvalue weighted by Crippen LogP contribution is -2.52. The molecule has 2 N–H and O–H groups in total. The predicted octanol–water partition coefficient (Wildman–Crippen LogP) is 3.07. The number of hydrogen-bond acceptors (Lipinski definition) is 6. The Balaban J connectivity index is 1.63. The Morgan fingerprint density at radius 3 is 2.03 bits per heavy atom. The van der Waals surface area contributed by atoms with Crippen molar-refractivity contribution in [1.82, 2.24) is 15.3 Å². The number of nitrogens with one attached hydrogen (secondary N) is 1. The van der Waals surface area contributed by atoms with Gasteiger partial charge in [-0.15, -0.1) is 0 Å². The Bertz CT molecular complexity index is 975. The molecular weight excluding hydrogens is 426 g/mol. The van der Waals surface area contributed by atoms with Crippen LogP contribution in [0.3, 0.4) is 0 Å². The summed E-state index contributed by atoms with van der Waals surface area (Å²) in [4.78, 5) is 36.5. The van der Waals surface area contributed by atoms with Crippen LogP contribution in [-0.4, -0.2) is 64.9 Å². The molecule has 1 fully saturated rings. The van der Waals surface area contributed by atoms with Gasteiger partial charge in [0.2, 0.25) is 6.41 Å². The van der Waals surface area contributed by atoms with E-state index < -0.39 is 23.5 Å². The maximum Gasteiger partial charge on any atom is 0.325 e. The van der Waals surface area contributed by atoms with E-state index in [0.717, 1.165) is 23.3 Å². The lowest BCUT2D eigenvalue weighted by molar-refractivity contribution is -0.165. The van der Waals surface area contributed by atoms with Crippen LogP contribution in [0.2, 0.25) is 0 Å². The zero-order valence-electron chi connectivity index (χ0n) is 19.0. The van der Waals surface area contributed by atoms with Crippen LogP contribution in [0.5, 0.6) is 11.5 Å². The molecular formula is C24H29N3O6. The summed E-state index contributed by atoms with van der Waals surface area (Å²) in [5.74, 6) is 0.919. The molecule has 4 amide bonds. The van der Waals surface area contributed by atoms with Gasteiger partial charge in [-0.25, -0.2) is 9.86 Å². The molecule has 0 spiro atoms. The molecule has 176 valence electrons. The molecule has 0 aromatic heterocycles. The van der Waals surface area contributed by atoms with E-state index in [1.54, 1.807) is 26.0 Å². The molecule has 0 unspecified atom stereocenters. The second-order valence-electron chi connectivity index (χ2n) is 8.28. The smallest absolute Gasteiger partial charge is 0.325 e. The number of urea groups is 1. The Morgan fingerprint density at radius 2 is 1.58 bits per heavy atom. The number of hydroxylamine groups is 2. The molecule has 9 nitrogen and oxygen atoms in total. The second kappa shape index (κ2) is 10.4. The maximum absolute atomic E-state index is 12.1. The highest BCUT2D eigenvalue weighted by Gasteiger charge is 2.46. The van der Waals surface area contributed by atoms with Crippen LogP contribution >= 0.6 is 0 Å². The summed E-state index contributed by atoms with van der Waals surface area (Å²) in [6, 6.07) is 13.7. The molecule has 1 saturated heterocycles. The molecule has 0 saturated carbocycles. The van der Waals surface area contributed by atoms with Crippen LogP contribution in [0.25, 0.3) is 11.1 Å². The van der Waals surface area contributed by atoms with Gasteiger partial charge in [-0.2, -0.15) is 0 Å². The Hall–Kier alpha value is -3.59. The fraction of sp³-hybridized carbons (Fsp3) is 0.375. The Labute approximate surface area is 192 Å². The van der Waals surface area contributed by atoms with Gasteiger partial charge in [-0.1, -0.05) is 31.2 Å². The minimum atomic E-state index is -1.10. The highest BCUT2D eigenvalue weighted by Crippen LogP contribution is 2.25. The summed E-state index contributed by atoms with van der Waals surface area (Å²) >= 11 is 0. The third-order valence-electron chi connectivity index (χ3n) is 5.53. The quantitative estimate of drug-likeness (QED) is 0.233. The third-order valence-corrected chi connectivity index (χ3v) is 5.53. The van der Waals surface area contributed by atoms with Crippen molar-refractivity contribution in [2.75, 3.05) is 19.8 Å². The summed E-state index contributed by atoms with van der Waals surface area (Å²) in [6.07, 6.45) is 1.19. The molecule has 0 radical (unpaired) electrons. The van der Waals surface area contributed by atoms with Crippen molar-refractivity contribution in [2.45, 2.75) is 38.8 Å². The molecule has 1 atom stereocenters. The second-order valence-corrected chi connectivity index (χ2v) is 8.28. The number of ether oxygens (including phenoxy) is 2. The molecule has 33 heavy (non-hydrogen) atoms. The summed E-state index contributed by atoms with van der Waals surface area (Å²) < 4.78 is 11.4. The number of imide groups is 1. The largest absolute Gasteiger partial charge is 0.494 e. The normalized spacial score (nSPS) is 15.7. The summed E-state index contributed by atoms with van der Waals surface area (Å²) in [6.45, 7) is 5.76. The number of benzene rings is 2. The van der Waals surface area contributed by atoms with Crippen LogP contribution in [0.15, 0.2) is 48.5 Å². The molecule has 1 aliphatic rings. The lowest BCUT2D eigenvalue weighted by Gasteiger charge is -2.33. The monoisotopic (exact) mass is 455 g/mol. The van der Waals surface area contributed by atoms with Crippen molar-refractivity contribution >= 4 is 18.3 Å². The van der Waals surface area contributed by atoms with E-state index in [9.17, 15) is 19.6 Å². The first kappa shape index (κ1) is 24.1. The minimum Gasteiger partial charge on any atom is -0.494 e. The highest BCUT2D eigenvalue weighted by molar-refractivity contribution is 6.06. The first-order valence-corrected chi connectivity index (χ1v) is 10.8. The zero-order valence-corrected chi connectivity index (χ0v) is 19.0. The molecule has 0 bridgehead atoms. The topological polar surface area (TPSA) is 108 Å². The van der Waals surface area contributed by atoms with E-state index in [-0.39, 0.29) is 19.6 Å². The van der Waals surface area contributed by atoms with E-state index in [2.05, 4.69) is 12.2 Å². The average molecular weight is 456 g/mol. The fourth-order valence-corrected chi connectivity index (χ4v) is 3.41. The van der Waals surface area contributed by atoms with Gasteiger partial charge in [-0.3, -0.25) is 20.1 Å². The first-order valence-electron chi connectivity index (χ1n) is 10.8. The lowest BCUT2D eigenvalue weighted by atomic mass is 10.0. The van der Waals surface area contributed by atoms with Gasteiger partial charge in [0.15, 0.2) is 0 Å². The predicted molar refractivity (Wildman–Crippen MR) is 121 cm³/mol. The van der Waals surface area contributed by atoms with Crippen LogP contribution in [0, 0.1) is 0 Å². The van der Waals surface area contributed by atoms with Crippen LogP contribution < -0.4 is 14.8 Å². The average Bonchev–Trinajstić information content (AvgIpc) is 3.01. The van der Waals surface area contributed by atoms with Gasteiger partial charge in [0.25, 0.3) is 5.91 Å². The number of carbonyl (C=O) groups is 3. The Kier molecular flexibility index (Phi) is 7.55. The summed E-state index contributed by atoms with van der Waals surface area (Å²) in [5.41, 5.74) is 0.919. The van der Waals surface area contributed by atoms with Crippen molar-refractivity contribution in [2.24, 2.45) is 0 Å². The van der Waals surface area contributed by atoms with E-state index >= 15 is 0 Å². The molecule has 9 heteroatoms. The Morgan fingerprint density at radius 1 is 1.03 bits per heavy atom.